The van der Waals surface area contributed by atoms with Crippen molar-refractivity contribution in [1.82, 2.24) is 9.55 Å². The van der Waals surface area contributed by atoms with Crippen molar-refractivity contribution in [3.63, 3.8) is 0 Å². The van der Waals surface area contributed by atoms with E-state index in [1.165, 1.54) is 4.90 Å². The van der Waals surface area contributed by atoms with E-state index in [2.05, 4.69) is 4.98 Å². The number of nitrogens with zero attached hydrogens (tertiary/aromatic N) is 3. The fourth-order valence-corrected chi connectivity index (χ4v) is 4.27. The number of aromatic carboxylic acids is 1. The summed E-state index contributed by atoms with van der Waals surface area (Å²) < 4.78 is 43.7. The van der Waals surface area contributed by atoms with Gasteiger partial charge in [-0.05, 0) is 18.2 Å². The molecular weight excluding hydrogens is 417 g/mol. The van der Waals surface area contributed by atoms with Crippen molar-refractivity contribution in [1.29, 1.82) is 0 Å². The van der Waals surface area contributed by atoms with Crippen molar-refractivity contribution >= 4 is 22.8 Å². The number of carboxylic acids is 1. The lowest BCUT2D eigenvalue weighted by Crippen LogP contribution is -2.38. The normalized spacial score (nSPS) is 24.5. The monoisotopic (exact) mass is 432 g/mol. The highest BCUT2D eigenvalue weighted by atomic mass is 19.1. The lowest BCUT2D eigenvalue weighted by atomic mass is 10.1. The summed E-state index contributed by atoms with van der Waals surface area (Å²) in [6.45, 7) is 0.241. The van der Waals surface area contributed by atoms with Crippen molar-refractivity contribution in [2.75, 3.05) is 11.4 Å². The second kappa shape index (κ2) is 6.53. The fourth-order valence-electron chi connectivity index (χ4n) is 4.27. The van der Waals surface area contributed by atoms with Gasteiger partial charge in [-0.15, -0.1) is 0 Å². The van der Waals surface area contributed by atoms with E-state index in [9.17, 15) is 33.0 Å². The summed E-state index contributed by atoms with van der Waals surface area (Å²) in [4.78, 5) is 29.6. The highest BCUT2D eigenvalue weighted by Gasteiger charge is 2.60. The molecule has 0 radical (unpaired) electrons. The Balaban J connectivity index is 1.77. The summed E-state index contributed by atoms with van der Waals surface area (Å²) in [5, 5.41) is 19.4. The predicted octanol–water partition coefficient (Wildman–Crippen LogP) is 1.21. The van der Waals surface area contributed by atoms with Crippen molar-refractivity contribution in [2.24, 2.45) is 17.6 Å². The number of pyridine rings is 2. The molecule has 1 saturated carbocycles. The minimum Gasteiger partial charge on any atom is -0.477 e. The minimum atomic E-state index is -1.60. The van der Waals surface area contributed by atoms with Crippen LogP contribution in [0.2, 0.25) is 0 Å². The molecule has 0 bridgehead atoms. The molecule has 3 heterocycles. The molecule has 11 heteroatoms. The lowest BCUT2D eigenvalue weighted by molar-refractivity contribution is 0.0695. The molecule has 31 heavy (non-hydrogen) atoms. The molecule has 160 valence electrons. The van der Waals surface area contributed by atoms with Gasteiger partial charge in [0.25, 0.3) is 0 Å². The van der Waals surface area contributed by atoms with E-state index in [-0.39, 0.29) is 41.6 Å². The minimum absolute atomic E-state index is 0.0296. The average Bonchev–Trinajstić information content (AvgIpc) is 3.20. The van der Waals surface area contributed by atoms with Gasteiger partial charge in [0.05, 0.1) is 11.1 Å². The van der Waals surface area contributed by atoms with Crippen LogP contribution in [0.15, 0.2) is 35.3 Å². The first-order valence-corrected chi connectivity index (χ1v) is 9.34. The molecule has 5 rings (SSSR count). The first-order chi connectivity index (χ1) is 14.7. The summed E-state index contributed by atoms with van der Waals surface area (Å²) in [5.74, 6) is -4.99. The van der Waals surface area contributed by atoms with Crippen LogP contribution in [0.5, 0.6) is 0 Å². The molecule has 1 aromatic carbocycles. The van der Waals surface area contributed by atoms with E-state index in [1.54, 1.807) is 0 Å². The van der Waals surface area contributed by atoms with E-state index >= 15 is 0 Å². The van der Waals surface area contributed by atoms with Gasteiger partial charge in [0.15, 0.2) is 17.3 Å². The summed E-state index contributed by atoms with van der Waals surface area (Å²) in [5.41, 5.74) is 3.58. The molecule has 2 aromatic heterocycles. The SMILES string of the molecule is NC1[C@@H]2C(O)N(c3nc4c(cc3F)c(=O)c(C(=O)O)cn4-c3ccc(F)cc3F)C[C@H]12. The number of rotatable bonds is 3. The molecule has 1 aliphatic carbocycles. The van der Waals surface area contributed by atoms with E-state index in [4.69, 9.17) is 5.73 Å². The maximum absolute atomic E-state index is 14.9. The van der Waals surface area contributed by atoms with Gasteiger partial charge < -0.3 is 20.8 Å². The summed E-state index contributed by atoms with van der Waals surface area (Å²) >= 11 is 0. The third kappa shape index (κ3) is 2.81. The van der Waals surface area contributed by atoms with Gasteiger partial charge in [-0.1, -0.05) is 0 Å². The average molecular weight is 432 g/mol. The topological polar surface area (TPSA) is 122 Å². The highest BCUT2D eigenvalue weighted by molar-refractivity contribution is 5.92. The summed E-state index contributed by atoms with van der Waals surface area (Å²) in [7, 11) is 0. The molecule has 3 aromatic rings. The predicted molar refractivity (Wildman–Crippen MR) is 102 cm³/mol. The molecule has 0 spiro atoms. The van der Waals surface area contributed by atoms with Crippen molar-refractivity contribution in [3.05, 3.63) is 63.7 Å². The van der Waals surface area contributed by atoms with Gasteiger partial charge >= 0.3 is 5.97 Å². The molecule has 4 atom stereocenters. The molecule has 2 fully saturated rings. The standard InChI is InChI=1S/C20H15F3N4O4/c21-7-1-2-13(11(22)3-7)26-6-10(20(30)31)16(28)8-4-12(23)18(25-17(8)26)27-5-9-14(15(9)24)19(27)29/h1-4,6,9,14-15,19,29H,5,24H2,(H,30,31)/t9-,14+,15?,19?/m0/s1. The van der Waals surface area contributed by atoms with Crippen LogP contribution < -0.4 is 16.1 Å². The first-order valence-electron chi connectivity index (χ1n) is 9.34. The van der Waals surface area contributed by atoms with Gasteiger partial charge in [0.2, 0.25) is 5.43 Å². The van der Waals surface area contributed by atoms with E-state index in [0.717, 1.165) is 29.0 Å². The zero-order valence-corrected chi connectivity index (χ0v) is 15.7. The number of fused-ring (bicyclic) bond motifs is 2. The van der Waals surface area contributed by atoms with Gasteiger partial charge in [0.1, 0.15) is 23.4 Å². The number of aliphatic hydroxyl groups excluding tert-OH is 1. The number of nitrogens with two attached hydrogens (primary N) is 1. The first kappa shape index (κ1) is 19.5. The number of hydrogen-bond acceptors (Lipinski definition) is 6. The third-order valence-corrected chi connectivity index (χ3v) is 5.95. The second-order valence-corrected chi connectivity index (χ2v) is 7.69. The summed E-state index contributed by atoms with van der Waals surface area (Å²) in [6, 6.07) is 3.19. The molecule has 2 aliphatic rings. The molecule has 8 nitrogen and oxygen atoms in total. The quantitative estimate of drug-likeness (QED) is 0.569. The Hall–Kier alpha value is -3.44. The number of hydrogen-bond donors (Lipinski definition) is 3. The number of halogens is 3. The number of piperidine rings is 1. The molecule has 2 unspecified atom stereocenters. The summed E-state index contributed by atoms with van der Waals surface area (Å²) in [6.07, 6.45) is -0.230. The molecule has 4 N–H and O–H groups in total. The van der Waals surface area contributed by atoms with Crippen LogP contribution in [0.3, 0.4) is 0 Å². The third-order valence-electron chi connectivity index (χ3n) is 5.95. The van der Waals surface area contributed by atoms with Gasteiger partial charge in [-0.25, -0.2) is 22.9 Å². The van der Waals surface area contributed by atoms with Crippen LogP contribution in [0.25, 0.3) is 16.7 Å². The van der Waals surface area contributed by atoms with E-state index < -0.39 is 46.0 Å². The van der Waals surface area contributed by atoms with Crippen LogP contribution >= 0.6 is 0 Å². The number of aromatic nitrogens is 2. The Kier molecular flexibility index (Phi) is 4.11. The molecule has 1 saturated heterocycles. The maximum atomic E-state index is 14.9. The Morgan fingerprint density at radius 2 is 1.94 bits per heavy atom. The number of benzene rings is 1. The number of anilines is 1. The number of carbonyl (C=O) groups is 1. The fraction of sp³-hybridized carbons (Fsp3) is 0.250. The Morgan fingerprint density at radius 1 is 1.19 bits per heavy atom. The Labute approximate surface area is 172 Å². The zero-order valence-electron chi connectivity index (χ0n) is 15.7. The lowest BCUT2D eigenvalue weighted by Gasteiger charge is -2.26. The largest absolute Gasteiger partial charge is 0.477 e. The maximum Gasteiger partial charge on any atom is 0.341 e. The highest BCUT2D eigenvalue weighted by Crippen LogP contribution is 2.49. The van der Waals surface area contributed by atoms with Gasteiger partial charge in [0, 0.05) is 36.7 Å². The molecule has 0 amide bonds. The van der Waals surface area contributed by atoms with Crippen LogP contribution in [-0.2, 0) is 0 Å². The smallest absolute Gasteiger partial charge is 0.341 e. The Morgan fingerprint density at radius 3 is 2.55 bits per heavy atom. The van der Waals surface area contributed by atoms with Gasteiger partial charge in [-0.3, -0.25) is 9.36 Å². The van der Waals surface area contributed by atoms with Crippen LogP contribution in [-0.4, -0.2) is 44.5 Å². The van der Waals surface area contributed by atoms with Crippen LogP contribution in [0.1, 0.15) is 10.4 Å². The van der Waals surface area contributed by atoms with Crippen molar-refractivity contribution in [3.8, 4) is 5.69 Å². The number of carboxylic acid groups (broad SMARTS) is 1. The molecule has 1 aliphatic heterocycles. The van der Waals surface area contributed by atoms with Crippen molar-refractivity contribution in [2.45, 2.75) is 12.3 Å². The zero-order chi connectivity index (χ0) is 22.2. The molecular formula is C20H15F3N4O4. The van der Waals surface area contributed by atoms with Crippen LogP contribution in [0, 0.1) is 29.3 Å². The van der Waals surface area contributed by atoms with Crippen molar-refractivity contribution < 1.29 is 28.2 Å². The van der Waals surface area contributed by atoms with E-state index in [0.29, 0.717) is 6.07 Å². The second-order valence-electron chi connectivity index (χ2n) is 7.69. The number of aliphatic hydroxyl groups is 1. The Bertz CT molecular complexity index is 1330. The van der Waals surface area contributed by atoms with Crippen LogP contribution in [0.4, 0.5) is 19.0 Å². The van der Waals surface area contributed by atoms with Gasteiger partial charge in [-0.2, -0.15) is 0 Å². The van der Waals surface area contributed by atoms with E-state index in [1.807, 2.05) is 0 Å².